The Labute approximate surface area is 426 Å². The fourth-order valence-corrected chi connectivity index (χ4v) is 7.75. The van der Waals surface area contributed by atoms with E-state index in [2.05, 4.69) is 112 Å². The third-order valence-electron chi connectivity index (χ3n) is 12.1. The summed E-state index contributed by atoms with van der Waals surface area (Å²) >= 11 is 0. The lowest BCUT2D eigenvalue weighted by Crippen LogP contribution is -2.30. The van der Waals surface area contributed by atoms with Gasteiger partial charge in [-0.25, -0.2) is 0 Å². The molecule has 69 heavy (non-hydrogen) atoms. The van der Waals surface area contributed by atoms with E-state index in [1.54, 1.807) is 0 Å². The molecule has 0 unspecified atom stereocenters. The van der Waals surface area contributed by atoms with Gasteiger partial charge in [0.25, 0.3) is 0 Å². The minimum absolute atomic E-state index is 0.111. The Balaban J connectivity index is 4.52. The van der Waals surface area contributed by atoms with Crippen LogP contribution in [0.1, 0.15) is 265 Å². The first kappa shape index (κ1) is 65.3. The highest BCUT2D eigenvalue weighted by Crippen LogP contribution is 2.14. The van der Waals surface area contributed by atoms with Crippen molar-refractivity contribution in [2.45, 2.75) is 271 Å². The van der Waals surface area contributed by atoms with Gasteiger partial charge in [-0.05, 0) is 109 Å². The molecular formula is C63H106O6. The zero-order chi connectivity index (χ0) is 50.0. The van der Waals surface area contributed by atoms with Gasteiger partial charge in [0.2, 0.25) is 0 Å². The maximum Gasteiger partial charge on any atom is 0.306 e. The molecule has 0 saturated heterocycles. The molecule has 0 radical (unpaired) electrons. The van der Waals surface area contributed by atoms with Crippen molar-refractivity contribution in [2.75, 3.05) is 13.2 Å². The van der Waals surface area contributed by atoms with Crippen molar-refractivity contribution in [1.29, 1.82) is 0 Å². The summed E-state index contributed by atoms with van der Waals surface area (Å²) in [4.78, 5) is 38.1. The van der Waals surface area contributed by atoms with Crippen molar-refractivity contribution in [3.8, 4) is 0 Å². The van der Waals surface area contributed by atoms with Gasteiger partial charge in [0, 0.05) is 19.3 Å². The van der Waals surface area contributed by atoms with E-state index in [9.17, 15) is 14.4 Å². The second-order valence-electron chi connectivity index (χ2n) is 18.8. The van der Waals surface area contributed by atoms with Crippen LogP contribution in [-0.4, -0.2) is 37.2 Å². The number of esters is 3. The predicted octanol–water partition coefficient (Wildman–Crippen LogP) is 19.3. The first-order chi connectivity index (χ1) is 34.0. The Bertz CT molecular complexity index is 1380. The topological polar surface area (TPSA) is 78.9 Å². The average Bonchev–Trinajstić information content (AvgIpc) is 3.35. The molecule has 0 aliphatic rings. The number of rotatable bonds is 51. The molecule has 0 rings (SSSR count). The minimum atomic E-state index is -0.822. The van der Waals surface area contributed by atoms with Gasteiger partial charge in [-0.2, -0.15) is 0 Å². The normalized spacial score (nSPS) is 12.8. The van der Waals surface area contributed by atoms with Crippen molar-refractivity contribution in [2.24, 2.45) is 0 Å². The molecule has 0 aliphatic carbocycles. The van der Waals surface area contributed by atoms with Gasteiger partial charge in [0.15, 0.2) is 6.10 Å². The van der Waals surface area contributed by atoms with Gasteiger partial charge >= 0.3 is 17.9 Å². The number of hydrogen-bond acceptors (Lipinski definition) is 6. The van der Waals surface area contributed by atoms with Gasteiger partial charge in [0.1, 0.15) is 13.2 Å². The molecule has 1 atom stereocenters. The van der Waals surface area contributed by atoms with E-state index in [0.29, 0.717) is 19.3 Å². The second-order valence-corrected chi connectivity index (χ2v) is 18.8. The van der Waals surface area contributed by atoms with Crippen LogP contribution < -0.4 is 0 Å². The summed E-state index contributed by atoms with van der Waals surface area (Å²) in [6.07, 6.45) is 75.5. The monoisotopic (exact) mass is 959 g/mol. The first-order valence-electron chi connectivity index (χ1n) is 28.7. The SMILES string of the molecule is CC/C=C\C/C=C\C/C=C\C/C=C\C/C=C\C/C=C\CCC(=O)O[C@@H](COC(=O)CCCCCCCCC/C=C\CCCCCC)COC(=O)CCCCCCCCC/C=C\CCCCCCCC. The van der Waals surface area contributed by atoms with Crippen LogP contribution >= 0.6 is 0 Å². The molecule has 394 valence electrons. The standard InChI is InChI=1S/C63H106O6/c1-4-7-10-13-16-19-22-25-28-30-31-33-36-39-42-45-48-51-54-57-63(66)69-60(58-67-61(64)55-52-49-46-43-40-37-34-27-24-21-18-15-12-9-6-3)59-68-62(65)56-53-50-47-44-41-38-35-32-29-26-23-20-17-14-11-8-5-2/h7,10,16,19,21,24-26,28-29,31,33,39,42,48,51,60H,4-6,8-9,11-15,17-18,20,22-23,27,30,32,34-38,40-41,43-47,49-50,52-59H2,1-3H3/b10-7-,19-16-,24-21-,28-25-,29-26-,33-31-,42-39-,51-48-/t60-/m0/s1. The van der Waals surface area contributed by atoms with Crippen LogP contribution in [0.15, 0.2) is 97.2 Å². The van der Waals surface area contributed by atoms with E-state index in [1.165, 1.54) is 141 Å². The van der Waals surface area contributed by atoms with Crippen molar-refractivity contribution in [3.05, 3.63) is 97.2 Å². The molecule has 0 saturated carbocycles. The smallest absolute Gasteiger partial charge is 0.306 e. The van der Waals surface area contributed by atoms with E-state index < -0.39 is 12.1 Å². The Morgan fingerprint density at radius 3 is 0.957 bits per heavy atom. The largest absolute Gasteiger partial charge is 0.462 e. The summed E-state index contributed by atoms with van der Waals surface area (Å²) < 4.78 is 16.8. The first-order valence-corrected chi connectivity index (χ1v) is 28.7. The highest BCUT2D eigenvalue weighted by molar-refractivity contribution is 5.71. The zero-order valence-electron chi connectivity index (χ0n) is 45.0. The van der Waals surface area contributed by atoms with E-state index in [-0.39, 0.29) is 31.6 Å². The van der Waals surface area contributed by atoms with Crippen LogP contribution in [0.3, 0.4) is 0 Å². The lowest BCUT2D eigenvalue weighted by Gasteiger charge is -2.18. The molecule has 0 aromatic carbocycles. The highest BCUT2D eigenvalue weighted by atomic mass is 16.6. The molecule has 0 spiro atoms. The summed E-state index contributed by atoms with van der Waals surface area (Å²) in [5.74, 6) is -1.00. The van der Waals surface area contributed by atoms with Crippen LogP contribution in [0, 0.1) is 0 Å². The van der Waals surface area contributed by atoms with E-state index in [1.807, 2.05) is 6.08 Å². The lowest BCUT2D eigenvalue weighted by atomic mass is 10.1. The fraction of sp³-hybridized carbons (Fsp3) is 0.698. The second kappa shape index (κ2) is 56.9. The van der Waals surface area contributed by atoms with Gasteiger partial charge in [-0.15, -0.1) is 0 Å². The molecule has 6 nitrogen and oxygen atoms in total. The number of carbonyl (C=O) groups is 3. The Morgan fingerprint density at radius 1 is 0.304 bits per heavy atom. The maximum absolute atomic E-state index is 12.8. The third-order valence-corrected chi connectivity index (χ3v) is 12.1. The zero-order valence-corrected chi connectivity index (χ0v) is 45.0. The van der Waals surface area contributed by atoms with Crippen molar-refractivity contribution >= 4 is 17.9 Å². The van der Waals surface area contributed by atoms with Gasteiger partial charge < -0.3 is 14.2 Å². The average molecular weight is 960 g/mol. The summed E-state index contributed by atoms with van der Waals surface area (Å²) in [7, 11) is 0. The third kappa shape index (κ3) is 55.1. The van der Waals surface area contributed by atoms with Gasteiger partial charge in [-0.1, -0.05) is 234 Å². The molecule has 0 N–H and O–H groups in total. The number of hydrogen-bond donors (Lipinski definition) is 0. The number of unbranched alkanes of at least 4 members (excludes halogenated alkanes) is 24. The molecule has 0 fully saturated rings. The molecule has 0 bridgehead atoms. The molecule has 0 aromatic rings. The quantitative estimate of drug-likeness (QED) is 0.0262. The molecular weight excluding hydrogens is 853 g/mol. The number of allylic oxidation sites excluding steroid dienone is 16. The number of carbonyl (C=O) groups excluding carboxylic acids is 3. The van der Waals surface area contributed by atoms with Crippen molar-refractivity contribution in [3.63, 3.8) is 0 Å². The van der Waals surface area contributed by atoms with E-state index in [0.717, 1.165) is 77.0 Å². The Kier molecular flexibility index (Phi) is 53.9. The summed E-state index contributed by atoms with van der Waals surface area (Å²) in [6, 6.07) is 0. The number of ether oxygens (including phenoxy) is 3. The fourth-order valence-electron chi connectivity index (χ4n) is 7.75. The molecule has 0 aromatic heterocycles. The highest BCUT2D eigenvalue weighted by Gasteiger charge is 2.19. The van der Waals surface area contributed by atoms with Crippen molar-refractivity contribution < 1.29 is 28.6 Å². The van der Waals surface area contributed by atoms with Crippen LogP contribution in [0.2, 0.25) is 0 Å². The van der Waals surface area contributed by atoms with Crippen LogP contribution in [0.25, 0.3) is 0 Å². The van der Waals surface area contributed by atoms with Crippen LogP contribution in [-0.2, 0) is 28.6 Å². The predicted molar refractivity (Wildman–Crippen MR) is 297 cm³/mol. The van der Waals surface area contributed by atoms with E-state index >= 15 is 0 Å². The molecule has 0 heterocycles. The lowest BCUT2D eigenvalue weighted by molar-refractivity contribution is -0.166. The molecule has 0 amide bonds. The van der Waals surface area contributed by atoms with Crippen LogP contribution in [0.4, 0.5) is 0 Å². The van der Waals surface area contributed by atoms with E-state index in [4.69, 9.17) is 14.2 Å². The Morgan fingerprint density at radius 2 is 0.594 bits per heavy atom. The van der Waals surface area contributed by atoms with Gasteiger partial charge in [0.05, 0.1) is 0 Å². The Hall–Kier alpha value is -3.67. The van der Waals surface area contributed by atoms with Crippen LogP contribution in [0.5, 0.6) is 0 Å². The summed E-state index contributed by atoms with van der Waals surface area (Å²) in [6.45, 7) is 6.45. The maximum atomic E-state index is 12.8. The summed E-state index contributed by atoms with van der Waals surface area (Å²) in [5.41, 5.74) is 0. The van der Waals surface area contributed by atoms with Crippen molar-refractivity contribution in [1.82, 2.24) is 0 Å². The molecule has 6 heteroatoms. The minimum Gasteiger partial charge on any atom is -0.462 e. The molecule has 0 aliphatic heterocycles. The van der Waals surface area contributed by atoms with Gasteiger partial charge in [-0.3, -0.25) is 14.4 Å². The summed E-state index contributed by atoms with van der Waals surface area (Å²) in [5, 5.41) is 0.